The molecule has 0 radical (unpaired) electrons. The molecule has 2 nitrogen and oxygen atoms in total. The molecule has 0 aliphatic heterocycles. The zero-order valence-electron chi connectivity index (χ0n) is 9.58. The Bertz CT molecular complexity index is 345. The largest absolute Gasteiger partial charge is 0.392 e. The first-order valence-corrected chi connectivity index (χ1v) is 6.34. The van der Waals surface area contributed by atoms with Crippen LogP contribution in [-0.4, -0.2) is 17.3 Å². The summed E-state index contributed by atoms with van der Waals surface area (Å²) in [5, 5.41) is 15.3. The fourth-order valence-corrected chi connectivity index (χ4v) is 2.91. The molecule has 1 aliphatic rings. The van der Waals surface area contributed by atoms with Gasteiger partial charge < -0.3 is 10.4 Å². The standard InChI is InChI=1S/C12H19NOS/c1-8-4-5-15-9(8)7-13-10-6-11(14)12(10,2)3/h4-5,10-11,13-14H,6-7H2,1-3H3. The van der Waals surface area contributed by atoms with Crippen LogP contribution < -0.4 is 5.32 Å². The lowest BCUT2D eigenvalue weighted by atomic mass is 9.64. The third kappa shape index (κ3) is 1.96. The highest BCUT2D eigenvalue weighted by Gasteiger charge is 2.46. The first-order chi connectivity index (χ1) is 7.01. The van der Waals surface area contributed by atoms with Crippen molar-refractivity contribution in [2.45, 2.75) is 45.9 Å². The molecule has 2 atom stereocenters. The van der Waals surface area contributed by atoms with Crippen LogP contribution in [0.1, 0.15) is 30.7 Å². The number of aliphatic hydroxyl groups excluding tert-OH is 1. The molecule has 0 spiro atoms. The first-order valence-electron chi connectivity index (χ1n) is 5.46. The maximum Gasteiger partial charge on any atom is 0.0621 e. The Balaban J connectivity index is 1.88. The molecule has 1 heterocycles. The Morgan fingerprint density at radius 1 is 1.60 bits per heavy atom. The monoisotopic (exact) mass is 225 g/mol. The topological polar surface area (TPSA) is 32.3 Å². The van der Waals surface area contributed by atoms with E-state index in [2.05, 4.69) is 37.5 Å². The van der Waals surface area contributed by atoms with Crippen LogP contribution in [0.2, 0.25) is 0 Å². The molecule has 15 heavy (non-hydrogen) atoms. The fourth-order valence-electron chi connectivity index (χ4n) is 2.05. The van der Waals surface area contributed by atoms with Crippen molar-refractivity contribution in [1.29, 1.82) is 0 Å². The van der Waals surface area contributed by atoms with Crippen molar-refractivity contribution in [2.24, 2.45) is 5.41 Å². The molecule has 1 aromatic rings. The van der Waals surface area contributed by atoms with Gasteiger partial charge in [-0.15, -0.1) is 11.3 Å². The van der Waals surface area contributed by atoms with Crippen LogP contribution in [-0.2, 0) is 6.54 Å². The van der Waals surface area contributed by atoms with E-state index in [0.717, 1.165) is 13.0 Å². The Kier molecular flexibility index (Phi) is 2.88. The molecule has 1 aliphatic carbocycles. The molecule has 1 fully saturated rings. The van der Waals surface area contributed by atoms with Crippen molar-refractivity contribution >= 4 is 11.3 Å². The molecule has 0 amide bonds. The average Bonchev–Trinajstić information content (AvgIpc) is 2.58. The second kappa shape index (κ2) is 3.89. The second-order valence-corrected chi connectivity index (χ2v) is 6.03. The molecule has 0 bridgehead atoms. The molecule has 3 heteroatoms. The summed E-state index contributed by atoms with van der Waals surface area (Å²) < 4.78 is 0. The van der Waals surface area contributed by atoms with Crippen LogP contribution in [0.3, 0.4) is 0 Å². The summed E-state index contributed by atoms with van der Waals surface area (Å²) in [6, 6.07) is 2.61. The van der Waals surface area contributed by atoms with Crippen molar-refractivity contribution in [2.75, 3.05) is 0 Å². The summed E-state index contributed by atoms with van der Waals surface area (Å²) in [7, 11) is 0. The zero-order valence-corrected chi connectivity index (χ0v) is 10.4. The van der Waals surface area contributed by atoms with E-state index in [1.54, 1.807) is 11.3 Å². The van der Waals surface area contributed by atoms with Crippen LogP contribution in [0.5, 0.6) is 0 Å². The van der Waals surface area contributed by atoms with Gasteiger partial charge in [0.15, 0.2) is 0 Å². The number of nitrogens with one attached hydrogen (secondary N) is 1. The van der Waals surface area contributed by atoms with Gasteiger partial charge in [0.2, 0.25) is 0 Å². The molecule has 2 rings (SSSR count). The molecular formula is C12H19NOS. The maximum absolute atomic E-state index is 9.62. The van der Waals surface area contributed by atoms with Crippen molar-refractivity contribution in [1.82, 2.24) is 5.32 Å². The fraction of sp³-hybridized carbons (Fsp3) is 0.667. The summed E-state index contributed by atoms with van der Waals surface area (Å²) in [4.78, 5) is 1.41. The van der Waals surface area contributed by atoms with E-state index in [4.69, 9.17) is 0 Å². The number of thiophene rings is 1. The van der Waals surface area contributed by atoms with Gasteiger partial charge in [0.1, 0.15) is 0 Å². The molecule has 2 N–H and O–H groups in total. The summed E-state index contributed by atoms with van der Waals surface area (Å²) in [6.45, 7) is 7.33. The Morgan fingerprint density at radius 3 is 2.80 bits per heavy atom. The van der Waals surface area contributed by atoms with Gasteiger partial charge in [-0.3, -0.25) is 0 Å². The van der Waals surface area contributed by atoms with Crippen molar-refractivity contribution in [3.8, 4) is 0 Å². The average molecular weight is 225 g/mol. The molecule has 0 aromatic carbocycles. The van der Waals surface area contributed by atoms with Gasteiger partial charge in [0.05, 0.1) is 6.10 Å². The molecular weight excluding hydrogens is 206 g/mol. The third-order valence-corrected chi connectivity index (χ3v) is 4.72. The maximum atomic E-state index is 9.62. The van der Waals surface area contributed by atoms with Gasteiger partial charge in [-0.05, 0) is 30.4 Å². The van der Waals surface area contributed by atoms with Gasteiger partial charge in [-0.2, -0.15) is 0 Å². The Labute approximate surface area is 95.3 Å². The van der Waals surface area contributed by atoms with Crippen molar-refractivity contribution < 1.29 is 5.11 Å². The highest BCUT2D eigenvalue weighted by atomic mass is 32.1. The number of hydrogen-bond acceptors (Lipinski definition) is 3. The van der Waals surface area contributed by atoms with Gasteiger partial charge in [-0.25, -0.2) is 0 Å². The second-order valence-electron chi connectivity index (χ2n) is 5.03. The van der Waals surface area contributed by atoms with E-state index in [1.807, 2.05) is 0 Å². The number of hydrogen-bond donors (Lipinski definition) is 2. The van der Waals surface area contributed by atoms with Crippen LogP contribution in [0.4, 0.5) is 0 Å². The molecule has 84 valence electrons. The van der Waals surface area contributed by atoms with Gasteiger partial charge in [-0.1, -0.05) is 13.8 Å². The summed E-state index contributed by atoms with van der Waals surface area (Å²) in [5.74, 6) is 0. The van der Waals surface area contributed by atoms with E-state index in [9.17, 15) is 5.11 Å². The summed E-state index contributed by atoms with van der Waals surface area (Å²) >= 11 is 1.80. The minimum Gasteiger partial charge on any atom is -0.392 e. The van der Waals surface area contributed by atoms with Crippen LogP contribution >= 0.6 is 11.3 Å². The van der Waals surface area contributed by atoms with Crippen LogP contribution in [0.25, 0.3) is 0 Å². The van der Waals surface area contributed by atoms with E-state index < -0.39 is 0 Å². The van der Waals surface area contributed by atoms with E-state index >= 15 is 0 Å². The van der Waals surface area contributed by atoms with Gasteiger partial charge in [0, 0.05) is 22.9 Å². The lowest BCUT2D eigenvalue weighted by molar-refractivity contribution is -0.0729. The molecule has 1 saturated carbocycles. The Hall–Kier alpha value is -0.380. The summed E-state index contributed by atoms with van der Waals surface area (Å²) in [5.41, 5.74) is 1.40. The number of rotatable bonds is 3. The van der Waals surface area contributed by atoms with Crippen LogP contribution in [0.15, 0.2) is 11.4 Å². The summed E-state index contributed by atoms with van der Waals surface area (Å²) in [6.07, 6.45) is 0.747. The highest BCUT2D eigenvalue weighted by Crippen LogP contribution is 2.40. The molecule has 2 unspecified atom stereocenters. The lowest BCUT2D eigenvalue weighted by Crippen LogP contribution is -2.59. The minimum absolute atomic E-state index is 0.0329. The van der Waals surface area contributed by atoms with Crippen LogP contribution in [0, 0.1) is 12.3 Å². The molecule has 1 aromatic heterocycles. The normalized spacial score (nSPS) is 28.8. The van der Waals surface area contributed by atoms with E-state index in [-0.39, 0.29) is 11.5 Å². The smallest absolute Gasteiger partial charge is 0.0621 e. The van der Waals surface area contributed by atoms with E-state index in [0.29, 0.717) is 6.04 Å². The number of aryl methyl sites for hydroxylation is 1. The lowest BCUT2D eigenvalue weighted by Gasteiger charge is -2.49. The zero-order chi connectivity index (χ0) is 11.1. The SMILES string of the molecule is Cc1ccsc1CNC1CC(O)C1(C)C. The van der Waals surface area contributed by atoms with Crippen molar-refractivity contribution in [3.05, 3.63) is 21.9 Å². The predicted molar refractivity (Wildman–Crippen MR) is 64.1 cm³/mol. The predicted octanol–water partition coefficient (Wildman–Crippen LogP) is 2.31. The highest BCUT2D eigenvalue weighted by molar-refractivity contribution is 7.10. The first kappa shape index (κ1) is 11.1. The quantitative estimate of drug-likeness (QED) is 0.827. The Morgan fingerprint density at radius 2 is 2.33 bits per heavy atom. The molecule has 0 saturated heterocycles. The van der Waals surface area contributed by atoms with Gasteiger partial charge in [0.25, 0.3) is 0 Å². The number of aliphatic hydroxyl groups is 1. The third-order valence-electron chi connectivity index (χ3n) is 3.69. The van der Waals surface area contributed by atoms with Crippen molar-refractivity contribution in [3.63, 3.8) is 0 Å². The minimum atomic E-state index is -0.139. The van der Waals surface area contributed by atoms with E-state index in [1.165, 1.54) is 10.4 Å². The van der Waals surface area contributed by atoms with Gasteiger partial charge >= 0.3 is 0 Å².